The van der Waals surface area contributed by atoms with Crippen molar-refractivity contribution in [2.75, 3.05) is 18.0 Å². The van der Waals surface area contributed by atoms with E-state index in [4.69, 9.17) is 5.73 Å². The smallest absolute Gasteiger partial charge is 0.0412 e. The van der Waals surface area contributed by atoms with Gasteiger partial charge in [-0.3, -0.25) is 0 Å². The van der Waals surface area contributed by atoms with Crippen molar-refractivity contribution in [2.45, 2.75) is 39.7 Å². The van der Waals surface area contributed by atoms with E-state index in [-0.39, 0.29) is 0 Å². The standard InChI is InChI=1S/C14H23BrN2/c1-4-9-17(11(2)3)14-10-13(15)6-5-12(14)7-8-16/h5-6,10-11H,4,7-9,16H2,1-3H3. The Labute approximate surface area is 113 Å². The summed E-state index contributed by atoms with van der Waals surface area (Å²) in [6.07, 6.45) is 2.10. The normalized spacial score (nSPS) is 10.9. The first-order valence-electron chi connectivity index (χ1n) is 6.35. The van der Waals surface area contributed by atoms with E-state index in [0.29, 0.717) is 12.6 Å². The summed E-state index contributed by atoms with van der Waals surface area (Å²) >= 11 is 3.56. The molecule has 96 valence electrons. The maximum atomic E-state index is 5.69. The molecule has 1 aromatic rings. The summed E-state index contributed by atoms with van der Waals surface area (Å²) in [6, 6.07) is 7.00. The van der Waals surface area contributed by atoms with Crippen LogP contribution < -0.4 is 10.6 Å². The van der Waals surface area contributed by atoms with Crippen LogP contribution in [-0.2, 0) is 6.42 Å². The fourth-order valence-corrected chi connectivity index (χ4v) is 2.42. The van der Waals surface area contributed by atoms with Crippen molar-refractivity contribution in [3.05, 3.63) is 28.2 Å². The highest BCUT2D eigenvalue weighted by Gasteiger charge is 2.13. The van der Waals surface area contributed by atoms with Gasteiger partial charge in [0.15, 0.2) is 0 Å². The van der Waals surface area contributed by atoms with Crippen LogP contribution in [-0.4, -0.2) is 19.1 Å². The number of hydrogen-bond donors (Lipinski definition) is 1. The minimum atomic E-state index is 0.515. The highest BCUT2D eigenvalue weighted by molar-refractivity contribution is 9.10. The van der Waals surface area contributed by atoms with Gasteiger partial charge in [0.25, 0.3) is 0 Å². The van der Waals surface area contributed by atoms with Gasteiger partial charge in [0.05, 0.1) is 0 Å². The first kappa shape index (κ1) is 14.5. The summed E-state index contributed by atoms with van der Waals surface area (Å²) in [4.78, 5) is 2.45. The Hall–Kier alpha value is -0.540. The van der Waals surface area contributed by atoms with Crippen molar-refractivity contribution < 1.29 is 0 Å². The molecule has 1 rings (SSSR count). The second-order valence-electron chi connectivity index (χ2n) is 4.60. The molecule has 0 radical (unpaired) electrons. The van der Waals surface area contributed by atoms with Gasteiger partial charge >= 0.3 is 0 Å². The van der Waals surface area contributed by atoms with Crippen LogP contribution in [0.1, 0.15) is 32.8 Å². The first-order chi connectivity index (χ1) is 8.10. The zero-order valence-electron chi connectivity index (χ0n) is 11.0. The summed E-state index contributed by atoms with van der Waals surface area (Å²) in [7, 11) is 0. The summed E-state index contributed by atoms with van der Waals surface area (Å²) in [5, 5.41) is 0. The molecule has 0 amide bonds. The van der Waals surface area contributed by atoms with Crippen LogP contribution in [0.15, 0.2) is 22.7 Å². The lowest BCUT2D eigenvalue weighted by atomic mass is 10.1. The Morgan fingerprint density at radius 3 is 2.59 bits per heavy atom. The molecule has 0 heterocycles. The predicted octanol–water partition coefficient (Wildman–Crippen LogP) is 3.58. The third-order valence-electron chi connectivity index (χ3n) is 2.86. The van der Waals surface area contributed by atoms with Crippen molar-refractivity contribution in [1.82, 2.24) is 0 Å². The van der Waals surface area contributed by atoms with Gasteiger partial charge in [0.1, 0.15) is 0 Å². The molecule has 0 aliphatic rings. The van der Waals surface area contributed by atoms with Gasteiger partial charge in [-0.25, -0.2) is 0 Å². The molecule has 0 saturated carbocycles. The minimum Gasteiger partial charge on any atom is -0.369 e. The van der Waals surface area contributed by atoms with Crippen LogP contribution >= 0.6 is 15.9 Å². The Kier molecular flexibility index (Phi) is 6.00. The van der Waals surface area contributed by atoms with E-state index in [9.17, 15) is 0 Å². The molecule has 3 heteroatoms. The maximum Gasteiger partial charge on any atom is 0.0412 e. The summed E-state index contributed by atoms with van der Waals surface area (Å²) in [5.74, 6) is 0. The molecule has 0 saturated heterocycles. The van der Waals surface area contributed by atoms with Crippen LogP contribution in [0, 0.1) is 0 Å². The average Bonchev–Trinajstić information content (AvgIpc) is 2.28. The molecule has 0 unspecified atom stereocenters. The number of hydrogen-bond acceptors (Lipinski definition) is 2. The average molecular weight is 299 g/mol. The maximum absolute atomic E-state index is 5.69. The van der Waals surface area contributed by atoms with Gasteiger partial charge in [0, 0.05) is 22.7 Å². The van der Waals surface area contributed by atoms with E-state index < -0.39 is 0 Å². The van der Waals surface area contributed by atoms with E-state index in [2.05, 4.69) is 59.8 Å². The van der Waals surface area contributed by atoms with E-state index >= 15 is 0 Å². The highest BCUT2D eigenvalue weighted by atomic mass is 79.9. The van der Waals surface area contributed by atoms with E-state index in [1.165, 1.54) is 11.3 Å². The number of benzene rings is 1. The van der Waals surface area contributed by atoms with Crippen LogP contribution in [0.4, 0.5) is 5.69 Å². The van der Waals surface area contributed by atoms with E-state index in [1.54, 1.807) is 0 Å². The fourth-order valence-electron chi connectivity index (χ4n) is 2.07. The third kappa shape index (κ3) is 4.00. The quantitative estimate of drug-likeness (QED) is 0.870. The fraction of sp³-hybridized carbons (Fsp3) is 0.571. The topological polar surface area (TPSA) is 29.3 Å². The molecule has 0 atom stereocenters. The van der Waals surface area contributed by atoms with Gasteiger partial charge < -0.3 is 10.6 Å². The Morgan fingerprint density at radius 2 is 2.06 bits per heavy atom. The lowest BCUT2D eigenvalue weighted by Gasteiger charge is -2.31. The predicted molar refractivity (Wildman–Crippen MR) is 79.7 cm³/mol. The number of anilines is 1. The van der Waals surface area contributed by atoms with Crippen LogP contribution in [0.3, 0.4) is 0 Å². The van der Waals surface area contributed by atoms with Crippen LogP contribution in [0.5, 0.6) is 0 Å². The van der Waals surface area contributed by atoms with Crippen LogP contribution in [0.25, 0.3) is 0 Å². The molecule has 2 nitrogen and oxygen atoms in total. The molecule has 0 bridgehead atoms. The van der Waals surface area contributed by atoms with Gasteiger partial charge in [-0.15, -0.1) is 0 Å². The lowest BCUT2D eigenvalue weighted by molar-refractivity contribution is 0.667. The van der Waals surface area contributed by atoms with Crippen molar-refractivity contribution in [3.63, 3.8) is 0 Å². The SMILES string of the molecule is CCCN(c1cc(Br)ccc1CCN)C(C)C. The van der Waals surface area contributed by atoms with Gasteiger partial charge in [-0.05, 0) is 50.9 Å². The monoisotopic (exact) mass is 298 g/mol. The van der Waals surface area contributed by atoms with Crippen molar-refractivity contribution in [1.29, 1.82) is 0 Å². The minimum absolute atomic E-state index is 0.515. The van der Waals surface area contributed by atoms with Crippen molar-refractivity contribution in [2.24, 2.45) is 5.73 Å². The Bertz CT molecular complexity index is 350. The molecular formula is C14H23BrN2. The Morgan fingerprint density at radius 1 is 1.35 bits per heavy atom. The van der Waals surface area contributed by atoms with Crippen LogP contribution in [0.2, 0.25) is 0 Å². The number of rotatable bonds is 6. The second kappa shape index (κ2) is 7.02. The van der Waals surface area contributed by atoms with E-state index in [1.807, 2.05) is 0 Å². The molecule has 0 aliphatic heterocycles. The second-order valence-corrected chi connectivity index (χ2v) is 5.51. The van der Waals surface area contributed by atoms with E-state index in [0.717, 1.165) is 23.9 Å². The van der Waals surface area contributed by atoms with Gasteiger partial charge in [0.2, 0.25) is 0 Å². The number of halogens is 1. The van der Waals surface area contributed by atoms with Gasteiger partial charge in [-0.1, -0.05) is 28.9 Å². The molecule has 0 fully saturated rings. The first-order valence-corrected chi connectivity index (χ1v) is 7.14. The number of nitrogens with zero attached hydrogens (tertiary/aromatic N) is 1. The molecule has 17 heavy (non-hydrogen) atoms. The lowest BCUT2D eigenvalue weighted by Crippen LogP contribution is -2.32. The summed E-state index contributed by atoms with van der Waals surface area (Å²) in [5.41, 5.74) is 8.35. The largest absolute Gasteiger partial charge is 0.369 e. The summed E-state index contributed by atoms with van der Waals surface area (Å²) < 4.78 is 1.13. The number of nitrogens with two attached hydrogens (primary N) is 1. The Balaban J connectivity index is 3.09. The van der Waals surface area contributed by atoms with Crippen molar-refractivity contribution in [3.8, 4) is 0 Å². The molecule has 0 aromatic heterocycles. The molecule has 0 spiro atoms. The molecule has 0 aliphatic carbocycles. The van der Waals surface area contributed by atoms with Gasteiger partial charge in [-0.2, -0.15) is 0 Å². The third-order valence-corrected chi connectivity index (χ3v) is 3.35. The molecular weight excluding hydrogens is 276 g/mol. The summed E-state index contributed by atoms with van der Waals surface area (Å²) in [6.45, 7) is 8.49. The molecule has 1 aromatic carbocycles. The highest BCUT2D eigenvalue weighted by Crippen LogP contribution is 2.27. The van der Waals surface area contributed by atoms with Crippen molar-refractivity contribution >= 4 is 21.6 Å². The molecule has 2 N–H and O–H groups in total. The zero-order chi connectivity index (χ0) is 12.8. The zero-order valence-corrected chi connectivity index (χ0v) is 12.6.